The van der Waals surface area contributed by atoms with Gasteiger partial charge < -0.3 is 10.3 Å². The number of rotatable bonds is 2. The molecule has 1 amide bonds. The van der Waals surface area contributed by atoms with E-state index in [1.165, 1.54) is 5.56 Å². The average molecular weight is 289 g/mol. The minimum atomic E-state index is -0.0151. The third-order valence-corrected chi connectivity index (χ3v) is 4.10. The molecule has 3 aromatic rings. The van der Waals surface area contributed by atoms with Crippen LogP contribution in [0.5, 0.6) is 0 Å². The summed E-state index contributed by atoms with van der Waals surface area (Å²) in [7, 11) is 0. The molecule has 1 aliphatic rings. The molecule has 0 aliphatic carbocycles. The molecule has 1 aliphatic heterocycles. The fraction of sp³-hybridized carbons (Fsp3) is 0.111. The maximum absolute atomic E-state index is 12.2. The average Bonchev–Trinajstić information content (AvgIpc) is 3.03. The molecule has 0 saturated heterocycles. The molecule has 0 unspecified atom stereocenters. The molecule has 0 spiro atoms. The van der Waals surface area contributed by atoms with E-state index in [1.807, 2.05) is 36.4 Å². The molecule has 4 rings (SSSR count). The second-order valence-electron chi connectivity index (χ2n) is 5.42. The third kappa shape index (κ3) is 2.09. The standard InChI is InChI=1S/C18H15N3O/c22-18-14-10-16(13-6-8-19-9-7-13)21-17(14)15(11-20-18)12-4-2-1-3-5-12/h1-10,15,21H,11H2,(H,20,22)/t15-/m0/s1. The molecule has 2 aromatic heterocycles. The SMILES string of the molecule is O=C1NC[C@@H](c2ccccc2)c2[nH]c(-c3ccncc3)cc21. The smallest absolute Gasteiger partial charge is 0.253 e. The van der Waals surface area contributed by atoms with Crippen molar-refractivity contribution in [2.24, 2.45) is 0 Å². The summed E-state index contributed by atoms with van der Waals surface area (Å²) < 4.78 is 0. The first-order chi connectivity index (χ1) is 10.8. The van der Waals surface area contributed by atoms with Gasteiger partial charge in [0.25, 0.3) is 5.91 Å². The van der Waals surface area contributed by atoms with E-state index in [0.717, 1.165) is 22.5 Å². The third-order valence-electron chi connectivity index (χ3n) is 4.10. The summed E-state index contributed by atoms with van der Waals surface area (Å²) in [5.41, 5.74) is 4.90. The molecule has 1 aromatic carbocycles. The van der Waals surface area contributed by atoms with E-state index in [1.54, 1.807) is 12.4 Å². The monoisotopic (exact) mass is 289 g/mol. The number of benzene rings is 1. The Hall–Kier alpha value is -2.88. The van der Waals surface area contributed by atoms with Crippen LogP contribution in [0.4, 0.5) is 0 Å². The van der Waals surface area contributed by atoms with Crippen LogP contribution in [0.3, 0.4) is 0 Å². The van der Waals surface area contributed by atoms with E-state index >= 15 is 0 Å². The molecule has 4 heteroatoms. The van der Waals surface area contributed by atoms with Crippen molar-refractivity contribution in [3.63, 3.8) is 0 Å². The predicted octanol–water partition coefficient (Wildman–Crippen LogP) is 2.95. The van der Waals surface area contributed by atoms with Crippen LogP contribution in [0.25, 0.3) is 11.3 Å². The van der Waals surface area contributed by atoms with Crippen LogP contribution in [-0.2, 0) is 0 Å². The Labute approximate surface area is 128 Å². The highest BCUT2D eigenvalue weighted by atomic mass is 16.1. The van der Waals surface area contributed by atoms with Gasteiger partial charge in [-0.25, -0.2) is 0 Å². The molecule has 0 fully saturated rings. The zero-order chi connectivity index (χ0) is 14.9. The van der Waals surface area contributed by atoms with Gasteiger partial charge >= 0.3 is 0 Å². The summed E-state index contributed by atoms with van der Waals surface area (Å²) in [6.45, 7) is 0.617. The minimum Gasteiger partial charge on any atom is -0.357 e. The van der Waals surface area contributed by atoms with Crippen molar-refractivity contribution in [2.45, 2.75) is 5.92 Å². The molecule has 0 bridgehead atoms. The Morgan fingerprint density at radius 1 is 1.05 bits per heavy atom. The number of fused-ring (bicyclic) bond motifs is 1. The van der Waals surface area contributed by atoms with Crippen LogP contribution < -0.4 is 5.32 Å². The van der Waals surface area contributed by atoms with Crippen LogP contribution in [0.2, 0.25) is 0 Å². The summed E-state index contributed by atoms with van der Waals surface area (Å²) >= 11 is 0. The first kappa shape index (κ1) is 12.8. The second-order valence-corrected chi connectivity index (χ2v) is 5.42. The number of aromatic amines is 1. The number of aromatic nitrogens is 2. The van der Waals surface area contributed by atoms with Gasteiger partial charge in [0.2, 0.25) is 0 Å². The van der Waals surface area contributed by atoms with Gasteiger partial charge in [-0.15, -0.1) is 0 Å². The zero-order valence-electron chi connectivity index (χ0n) is 11.9. The fourth-order valence-electron chi connectivity index (χ4n) is 2.98. The highest BCUT2D eigenvalue weighted by Gasteiger charge is 2.28. The molecular weight excluding hydrogens is 274 g/mol. The topological polar surface area (TPSA) is 57.8 Å². The maximum Gasteiger partial charge on any atom is 0.253 e. The van der Waals surface area contributed by atoms with E-state index in [2.05, 4.69) is 27.4 Å². The minimum absolute atomic E-state index is 0.0151. The Morgan fingerprint density at radius 3 is 2.59 bits per heavy atom. The Bertz CT molecular complexity index is 809. The van der Waals surface area contributed by atoms with Crippen LogP contribution >= 0.6 is 0 Å². The van der Waals surface area contributed by atoms with Gasteiger partial charge in [0.15, 0.2) is 0 Å². The van der Waals surface area contributed by atoms with Crippen molar-refractivity contribution in [2.75, 3.05) is 6.54 Å². The molecular formula is C18H15N3O. The lowest BCUT2D eigenvalue weighted by molar-refractivity contribution is 0.0942. The van der Waals surface area contributed by atoms with Gasteiger partial charge in [-0.3, -0.25) is 9.78 Å². The highest BCUT2D eigenvalue weighted by molar-refractivity contribution is 5.98. The fourth-order valence-corrected chi connectivity index (χ4v) is 2.98. The summed E-state index contributed by atoms with van der Waals surface area (Å²) in [6.07, 6.45) is 3.51. The first-order valence-electron chi connectivity index (χ1n) is 7.29. The normalized spacial score (nSPS) is 16.9. The van der Waals surface area contributed by atoms with Gasteiger partial charge in [-0.1, -0.05) is 30.3 Å². The second kappa shape index (κ2) is 5.15. The van der Waals surface area contributed by atoms with Crippen molar-refractivity contribution in [1.82, 2.24) is 15.3 Å². The number of hydrogen-bond donors (Lipinski definition) is 2. The molecule has 0 saturated carbocycles. The van der Waals surface area contributed by atoms with Crippen molar-refractivity contribution in [3.8, 4) is 11.3 Å². The van der Waals surface area contributed by atoms with E-state index < -0.39 is 0 Å². The quantitative estimate of drug-likeness (QED) is 0.762. The molecule has 2 N–H and O–H groups in total. The van der Waals surface area contributed by atoms with E-state index in [0.29, 0.717) is 6.54 Å². The van der Waals surface area contributed by atoms with Gasteiger partial charge in [-0.05, 0) is 23.8 Å². The Balaban J connectivity index is 1.82. The number of nitrogens with one attached hydrogen (secondary N) is 2. The Kier molecular flexibility index (Phi) is 3.00. The molecule has 4 nitrogen and oxygen atoms in total. The van der Waals surface area contributed by atoms with Crippen molar-refractivity contribution < 1.29 is 4.79 Å². The van der Waals surface area contributed by atoms with Crippen LogP contribution in [0, 0.1) is 0 Å². The van der Waals surface area contributed by atoms with Gasteiger partial charge in [-0.2, -0.15) is 0 Å². The highest BCUT2D eigenvalue weighted by Crippen LogP contribution is 2.32. The molecule has 3 heterocycles. The van der Waals surface area contributed by atoms with Gasteiger partial charge in [0.1, 0.15) is 0 Å². The lowest BCUT2D eigenvalue weighted by atomic mass is 9.90. The number of hydrogen-bond acceptors (Lipinski definition) is 2. The summed E-state index contributed by atoms with van der Waals surface area (Å²) in [5.74, 6) is 0.142. The number of nitrogens with zero attached hydrogens (tertiary/aromatic N) is 1. The van der Waals surface area contributed by atoms with Gasteiger partial charge in [0, 0.05) is 41.8 Å². The molecule has 1 atom stereocenters. The lowest BCUT2D eigenvalue weighted by Crippen LogP contribution is -2.35. The molecule has 108 valence electrons. The van der Waals surface area contributed by atoms with Crippen LogP contribution in [-0.4, -0.2) is 22.4 Å². The number of H-pyrrole nitrogens is 1. The molecule has 0 radical (unpaired) electrons. The number of carbonyl (C=O) groups excluding carboxylic acids is 1. The number of carbonyl (C=O) groups is 1. The predicted molar refractivity (Wildman–Crippen MR) is 84.6 cm³/mol. The lowest BCUT2D eigenvalue weighted by Gasteiger charge is -2.23. The van der Waals surface area contributed by atoms with E-state index in [-0.39, 0.29) is 11.8 Å². The van der Waals surface area contributed by atoms with Crippen LogP contribution in [0.1, 0.15) is 27.5 Å². The first-order valence-corrected chi connectivity index (χ1v) is 7.29. The van der Waals surface area contributed by atoms with E-state index in [4.69, 9.17) is 0 Å². The summed E-state index contributed by atoms with van der Waals surface area (Å²) in [5, 5.41) is 2.98. The zero-order valence-corrected chi connectivity index (χ0v) is 11.9. The summed E-state index contributed by atoms with van der Waals surface area (Å²) in [6, 6.07) is 16.0. The van der Waals surface area contributed by atoms with Gasteiger partial charge in [0.05, 0.1) is 5.56 Å². The van der Waals surface area contributed by atoms with Crippen LogP contribution in [0.15, 0.2) is 60.9 Å². The molecule has 22 heavy (non-hydrogen) atoms. The van der Waals surface area contributed by atoms with Crippen molar-refractivity contribution >= 4 is 5.91 Å². The maximum atomic E-state index is 12.2. The number of pyridine rings is 1. The number of amides is 1. The summed E-state index contributed by atoms with van der Waals surface area (Å²) in [4.78, 5) is 19.6. The van der Waals surface area contributed by atoms with Crippen molar-refractivity contribution in [1.29, 1.82) is 0 Å². The largest absolute Gasteiger partial charge is 0.357 e. The Morgan fingerprint density at radius 2 is 1.82 bits per heavy atom. The van der Waals surface area contributed by atoms with E-state index in [9.17, 15) is 4.79 Å². The van der Waals surface area contributed by atoms with Crippen molar-refractivity contribution in [3.05, 3.63) is 77.7 Å².